The molecule has 1 atom stereocenters. The molecule has 0 bridgehead atoms. The van der Waals surface area contributed by atoms with Crippen molar-refractivity contribution in [2.24, 2.45) is 0 Å². The fraction of sp³-hybridized carbons (Fsp3) is 0.200. The fourth-order valence-corrected chi connectivity index (χ4v) is 2.08. The largest absolute Gasteiger partial charge is 0.493 e. The molecule has 5 heteroatoms. The Hall–Kier alpha value is -1.78. The van der Waals surface area contributed by atoms with Gasteiger partial charge in [0.2, 0.25) is 0 Å². The Kier molecular flexibility index (Phi) is 4.47. The number of rotatable bonds is 4. The molecule has 0 fully saturated rings. The lowest BCUT2D eigenvalue weighted by Gasteiger charge is -2.15. The van der Waals surface area contributed by atoms with Crippen LogP contribution in [0.1, 0.15) is 17.2 Å². The van der Waals surface area contributed by atoms with Crippen molar-refractivity contribution in [1.29, 1.82) is 0 Å². The van der Waals surface area contributed by atoms with Crippen molar-refractivity contribution in [2.75, 3.05) is 14.2 Å². The van der Waals surface area contributed by atoms with E-state index in [1.807, 2.05) is 0 Å². The first-order chi connectivity index (χ1) is 9.56. The highest BCUT2D eigenvalue weighted by atomic mass is 35.5. The Morgan fingerprint density at radius 1 is 1.05 bits per heavy atom. The van der Waals surface area contributed by atoms with Crippen LogP contribution in [0, 0.1) is 5.82 Å². The quantitative estimate of drug-likeness (QED) is 0.937. The van der Waals surface area contributed by atoms with Crippen molar-refractivity contribution in [1.82, 2.24) is 0 Å². The summed E-state index contributed by atoms with van der Waals surface area (Å²) in [5.41, 5.74) is 0.658. The maximum absolute atomic E-state index is 13.8. The molecule has 2 aromatic carbocycles. The van der Waals surface area contributed by atoms with Crippen LogP contribution < -0.4 is 9.47 Å². The highest BCUT2D eigenvalue weighted by Crippen LogP contribution is 2.33. The number of methoxy groups -OCH3 is 2. The van der Waals surface area contributed by atoms with Gasteiger partial charge in [0.1, 0.15) is 11.9 Å². The maximum atomic E-state index is 13.8. The van der Waals surface area contributed by atoms with Gasteiger partial charge in [0.15, 0.2) is 11.5 Å². The van der Waals surface area contributed by atoms with Gasteiger partial charge in [-0.05, 0) is 29.8 Å². The van der Waals surface area contributed by atoms with Crippen molar-refractivity contribution in [2.45, 2.75) is 6.10 Å². The van der Waals surface area contributed by atoms with E-state index in [4.69, 9.17) is 21.1 Å². The number of hydrogen-bond donors (Lipinski definition) is 1. The first kappa shape index (κ1) is 14.6. The molecule has 0 aromatic heterocycles. The Morgan fingerprint density at radius 2 is 1.75 bits per heavy atom. The van der Waals surface area contributed by atoms with Crippen molar-refractivity contribution in [3.63, 3.8) is 0 Å². The third-order valence-corrected chi connectivity index (χ3v) is 3.22. The van der Waals surface area contributed by atoms with Gasteiger partial charge in [-0.15, -0.1) is 0 Å². The van der Waals surface area contributed by atoms with Crippen LogP contribution in [0.4, 0.5) is 4.39 Å². The van der Waals surface area contributed by atoms with E-state index >= 15 is 0 Å². The van der Waals surface area contributed by atoms with Gasteiger partial charge < -0.3 is 14.6 Å². The number of hydrogen-bond acceptors (Lipinski definition) is 3. The van der Waals surface area contributed by atoms with Crippen LogP contribution >= 0.6 is 11.6 Å². The second kappa shape index (κ2) is 6.11. The van der Waals surface area contributed by atoms with E-state index in [0.29, 0.717) is 17.1 Å². The van der Waals surface area contributed by atoms with Gasteiger partial charge in [0, 0.05) is 10.6 Å². The predicted molar refractivity (Wildman–Crippen MR) is 75.0 cm³/mol. The number of aliphatic hydroxyl groups is 1. The summed E-state index contributed by atoms with van der Waals surface area (Å²) in [4.78, 5) is 0. The number of halogens is 2. The van der Waals surface area contributed by atoms with Crippen LogP contribution in [0.5, 0.6) is 11.5 Å². The van der Waals surface area contributed by atoms with Gasteiger partial charge in [-0.1, -0.05) is 23.7 Å². The highest BCUT2D eigenvalue weighted by molar-refractivity contribution is 6.30. The van der Waals surface area contributed by atoms with Gasteiger partial charge in [-0.3, -0.25) is 0 Å². The first-order valence-corrected chi connectivity index (χ1v) is 6.29. The van der Waals surface area contributed by atoms with Crippen LogP contribution in [-0.4, -0.2) is 19.3 Å². The molecule has 1 unspecified atom stereocenters. The first-order valence-electron chi connectivity index (χ1n) is 5.91. The summed E-state index contributed by atoms with van der Waals surface area (Å²) in [6, 6.07) is 9.08. The molecule has 0 saturated heterocycles. The lowest BCUT2D eigenvalue weighted by atomic mass is 10.0. The van der Waals surface area contributed by atoms with E-state index in [-0.39, 0.29) is 10.6 Å². The summed E-state index contributed by atoms with van der Waals surface area (Å²) in [6.07, 6.45) is -1.10. The minimum absolute atomic E-state index is 0.154. The zero-order valence-electron chi connectivity index (χ0n) is 11.1. The average molecular weight is 297 g/mol. The lowest BCUT2D eigenvalue weighted by Crippen LogP contribution is -2.03. The molecule has 1 N–H and O–H groups in total. The summed E-state index contributed by atoms with van der Waals surface area (Å²) in [6.45, 7) is 0. The Morgan fingerprint density at radius 3 is 2.35 bits per heavy atom. The van der Waals surface area contributed by atoms with Gasteiger partial charge in [0.05, 0.1) is 14.2 Å². The smallest absolute Gasteiger partial charge is 0.161 e. The SMILES string of the molecule is COc1ccc(C(O)c2ccc(Cl)cc2F)cc1OC. The summed E-state index contributed by atoms with van der Waals surface area (Å²) < 4.78 is 24.1. The van der Waals surface area contributed by atoms with Crippen LogP contribution in [0.2, 0.25) is 5.02 Å². The van der Waals surface area contributed by atoms with Crippen LogP contribution in [0.15, 0.2) is 36.4 Å². The lowest BCUT2D eigenvalue weighted by molar-refractivity contribution is 0.214. The van der Waals surface area contributed by atoms with E-state index < -0.39 is 11.9 Å². The molecule has 0 radical (unpaired) electrons. The van der Waals surface area contributed by atoms with E-state index in [1.54, 1.807) is 18.2 Å². The van der Waals surface area contributed by atoms with E-state index in [9.17, 15) is 9.50 Å². The second-order valence-electron chi connectivity index (χ2n) is 4.18. The average Bonchev–Trinajstić information content (AvgIpc) is 2.45. The van der Waals surface area contributed by atoms with E-state index in [1.165, 1.54) is 32.4 Å². The summed E-state index contributed by atoms with van der Waals surface area (Å²) >= 11 is 5.70. The molecule has 0 heterocycles. The monoisotopic (exact) mass is 296 g/mol. The molecule has 3 nitrogen and oxygen atoms in total. The van der Waals surface area contributed by atoms with Crippen molar-refractivity contribution < 1.29 is 19.0 Å². The topological polar surface area (TPSA) is 38.7 Å². The molecule has 2 aromatic rings. The predicted octanol–water partition coefficient (Wildman–Crippen LogP) is 3.58. The fourth-order valence-electron chi connectivity index (χ4n) is 1.93. The van der Waals surface area contributed by atoms with Gasteiger partial charge in [0.25, 0.3) is 0 Å². The third-order valence-electron chi connectivity index (χ3n) is 2.98. The Balaban J connectivity index is 2.40. The molecular weight excluding hydrogens is 283 g/mol. The standard InChI is InChI=1S/C15H14ClFO3/c1-19-13-6-3-9(7-14(13)20-2)15(18)11-5-4-10(16)8-12(11)17/h3-8,15,18H,1-2H3. The third kappa shape index (κ3) is 2.86. The molecule has 0 aliphatic carbocycles. The van der Waals surface area contributed by atoms with Crippen LogP contribution in [-0.2, 0) is 0 Å². The molecule has 0 saturated carbocycles. The van der Waals surface area contributed by atoms with Crippen LogP contribution in [0.25, 0.3) is 0 Å². The Labute approximate surface area is 121 Å². The van der Waals surface area contributed by atoms with Gasteiger partial charge >= 0.3 is 0 Å². The zero-order chi connectivity index (χ0) is 14.7. The maximum Gasteiger partial charge on any atom is 0.161 e. The second-order valence-corrected chi connectivity index (χ2v) is 4.62. The molecule has 2 rings (SSSR count). The zero-order valence-corrected chi connectivity index (χ0v) is 11.8. The highest BCUT2D eigenvalue weighted by Gasteiger charge is 2.17. The van der Waals surface area contributed by atoms with Gasteiger partial charge in [-0.2, -0.15) is 0 Å². The molecule has 0 spiro atoms. The summed E-state index contributed by atoms with van der Waals surface area (Å²) in [5, 5.41) is 10.6. The van der Waals surface area contributed by atoms with Crippen molar-refractivity contribution in [3.8, 4) is 11.5 Å². The molecule has 0 aliphatic rings. The molecule has 20 heavy (non-hydrogen) atoms. The van der Waals surface area contributed by atoms with Crippen LogP contribution in [0.3, 0.4) is 0 Å². The van der Waals surface area contributed by atoms with E-state index in [2.05, 4.69) is 0 Å². The minimum Gasteiger partial charge on any atom is -0.493 e. The molecular formula is C15H14ClFO3. The van der Waals surface area contributed by atoms with Gasteiger partial charge in [-0.25, -0.2) is 4.39 Å². The number of aliphatic hydroxyl groups excluding tert-OH is 1. The minimum atomic E-state index is -1.10. The normalized spacial score (nSPS) is 12.1. The molecule has 0 amide bonds. The summed E-state index contributed by atoms with van der Waals surface area (Å²) in [7, 11) is 3.02. The van der Waals surface area contributed by atoms with Crippen molar-refractivity contribution >= 4 is 11.6 Å². The Bertz CT molecular complexity index is 616. The molecule has 106 valence electrons. The number of ether oxygens (including phenoxy) is 2. The molecule has 0 aliphatic heterocycles. The summed E-state index contributed by atoms with van der Waals surface area (Å²) in [5.74, 6) is 0.457. The van der Waals surface area contributed by atoms with Crippen molar-refractivity contribution in [3.05, 3.63) is 58.4 Å². The number of benzene rings is 2. The van der Waals surface area contributed by atoms with E-state index in [0.717, 1.165) is 0 Å².